The molecule has 0 saturated heterocycles. The molecule has 0 saturated carbocycles. The molecular formula is C17H19Cl2NO. The van der Waals surface area contributed by atoms with E-state index in [1.807, 2.05) is 48.5 Å². The second kappa shape index (κ2) is 8.40. The Morgan fingerprint density at radius 3 is 2.33 bits per heavy atom. The molecule has 2 rings (SSSR count). The van der Waals surface area contributed by atoms with Crippen molar-refractivity contribution in [3.63, 3.8) is 0 Å². The zero-order valence-corrected chi connectivity index (χ0v) is 13.5. The fourth-order valence-electron chi connectivity index (χ4n) is 2.08. The van der Waals surface area contributed by atoms with Gasteiger partial charge in [-0.2, -0.15) is 0 Å². The van der Waals surface area contributed by atoms with Crippen LogP contribution in [0.25, 0.3) is 0 Å². The molecule has 1 N–H and O–H groups in total. The summed E-state index contributed by atoms with van der Waals surface area (Å²) in [5.41, 5.74) is 1.97. The van der Waals surface area contributed by atoms with E-state index < -0.39 is 0 Å². The molecule has 2 aromatic rings. The summed E-state index contributed by atoms with van der Waals surface area (Å²) >= 11 is 12.4. The lowest BCUT2D eigenvalue weighted by Crippen LogP contribution is -2.23. The highest BCUT2D eigenvalue weighted by atomic mass is 35.5. The van der Waals surface area contributed by atoms with Crippen LogP contribution in [0.2, 0.25) is 10.0 Å². The normalized spacial score (nSPS) is 12.3. The first-order valence-corrected chi connectivity index (χ1v) is 7.78. The summed E-state index contributed by atoms with van der Waals surface area (Å²) in [6.45, 7) is 4.12. The molecule has 2 nitrogen and oxygen atoms in total. The predicted octanol–water partition coefficient (Wildman–Crippen LogP) is 4.86. The van der Waals surface area contributed by atoms with Gasteiger partial charge in [-0.05, 0) is 24.2 Å². The maximum absolute atomic E-state index is 6.28. The van der Waals surface area contributed by atoms with Gasteiger partial charge in [0.25, 0.3) is 0 Å². The summed E-state index contributed by atoms with van der Waals surface area (Å²) in [6.07, 6.45) is -0.102. The van der Waals surface area contributed by atoms with Crippen molar-refractivity contribution in [1.82, 2.24) is 5.32 Å². The van der Waals surface area contributed by atoms with E-state index in [1.54, 1.807) is 0 Å². The minimum Gasteiger partial charge on any atom is -0.367 e. The molecule has 2 aromatic carbocycles. The molecule has 1 atom stereocenters. The van der Waals surface area contributed by atoms with E-state index in [2.05, 4.69) is 12.2 Å². The van der Waals surface area contributed by atoms with Crippen molar-refractivity contribution in [3.8, 4) is 0 Å². The minimum atomic E-state index is -0.102. The molecule has 0 aliphatic rings. The van der Waals surface area contributed by atoms with Crippen LogP contribution in [0.3, 0.4) is 0 Å². The van der Waals surface area contributed by atoms with Crippen molar-refractivity contribution in [2.75, 3.05) is 13.1 Å². The largest absolute Gasteiger partial charge is 0.367 e. The molecule has 0 aliphatic carbocycles. The van der Waals surface area contributed by atoms with Crippen molar-refractivity contribution in [2.24, 2.45) is 0 Å². The maximum Gasteiger partial charge on any atom is 0.0968 e. The number of rotatable bonds is 7. The first-order chi connectivity index (χ1) is 10.2. The number of ether oxygens (including phenoxy) is 1. The van der Waals surface area contributed by atoms with Crippen molar-refractivity contribution in [1.29, 1.82) is 0 Å². The SMILES string of the molecule is CCNCC(OCc1ccccc1Cl)c1ccccc1Cl. The molecule has 0 aromatic heterocycles. The van der Waals surface area contributed by atoms with Gasteiger partial charge < -0.3 is 10.1 Å². The Labute approximate surface area is 136 Å². The summed E-state index contributed by atoms with van der Waals surface area (Å²) < 4.78 is 6.05. The van der Waals surface area contributed by atoms with Crippen LogP contribution in [0.1, 0.15) is 24.2 Å². The van der Waals surface area contributed by atoms with Crippen LogP contribution in [0.15, 0.2) is 48.5 Å². The average molecular weight is 324 g/mol. The lowest BCUT2D eigenvalue weighted by molar-refractivity contribution is 0.0403. The lowest BCUT2D eigenvalue weighted by atomic mass is 10.1. The Morgan fingerprint density at radius 1 is 1.00 bits per heavy atom. The molecule has 1 unspecified atom stereocenters. The van der Waals surface area contributed by atoms with Crippen molar-refractivity contribution < 1.29 is 4.74 Å². The summed E-state index contributed by atoms with van der Waals surface area (Å²) in [6, 6.07) is 15.5. The van der Waals surface area contributed by atoms with Crippen LogP contribution in [0.4, 0.5) is 0 Å². The van der Waals surface area contributed by atoms with E-state index in [9.17, 15) is 0 Å². The highest BCUT2D eigenvalue weighted by molar-refractivity contribution is 6.31. The fraction of sp³-hybridized carbons (Fsp3) is 0.294. The smallest absolute Gasteiger partial charge is 0.0968 e. The summed E-state index contributed by atoms with van der Waals surface area (Å²) in [7, 11) is 0. The van der Waals surface area contributed by atoms with Crippen LogP contribution in [-0.4, -0.2) is 13.1 Å². The first-order valence-electron chi connectivity index (χ1n) is 7.02. The quantitative estimate of drug-likeness (QED) is 0.785. The van der Waals surface area contributed by atoms with Crippen LogP contribution in [0.5, 0.6) is 0 Å². The zero-order valence-electron chi connectivity index (χ0n) is 12.0. The van der Waals surface area contributed by atoms with Crippen LogP contribution < -0.4 is 5.32 Å². The Morgan fingerprint density at radius 2 is 1.67 bits per heavy atom. The third-order valence-electron chi connectivity index (χ3n) is 3.23. The third-order valence-corrected chi connectivity index (χ3v) is 3.94. The summed E-state index contributed by atoms with van der Waals surface area (Å²) in [5.74, 6) is 0. The van der Waals surface area contributed by atoms with E-state index in [1.165, 1.54) is 0 Å². The maximum atomic E-state index is 6.28. The van der Waals surface area contributed by atoms with Crippen LogP contribution >= 0.6 is 23.2 Å². The van der Waals surface area contributed by atoms with Crippen molar-refractivity contribution >= 4 is 23.2 Å². The monoisotopic (exact) mass is 323 g/mol. The Balaban J connectivity index is 2.10. The fourth-order valence-corrected chi connectivity index (χ4v) is 2.52. The number of likely N-dealkylation sites (N-methyl/N-ethyl adjacent to an activating group) is 1. The van der Waals surface area contributed by atoms with Gasteiger partial charge in [0.05, 0.1) is 12.7 Å². The molecule has 0 bridgehead atoms. The van der Waals surface area contributed by atoms with Gasteiger partial charge in [-0.25, -0.2) is 0 Å². The molecule has 0 amide bonds. The average Bonchev–Trinajstić information content (AvgIpc) is 2.50. The topological polar surface area (TPSA) is 21.3 Å². The highest BCUT2D eigenvalue weighted by Gasteiger charge is 2.15. The van der Waals surface area contributed by atoms with Gasteiger partial charge in [0.15, 0.2) is 0 Å². The van der Waals surface area contributed by atoms with Crippen LogP contribution in [0, 0.1) is 0 Å². The van der Waals surface area contributed by atoms with Gasteiger partial charge in [-0.3, -0.25) is 0 Å². The number of hydrogen-bond acceptors (Lipinski definition) is 2. The van der Waals surface area contributed by atoms with Gasteiger partial charge in [-0.15, -0.1) is 0 Å². The second-order valence-electron chi connectivity index (χ2n) is 4.72. The van der Waals surface area contributed by atoms with E-state index >= 15 is 0 Å². The number of hydrogen-bond donors (Lipinski definition) is 1. The van der Waals surface area contributed by atoms with Gasteiger partial charge in [-0.1, -0.05) is 66.5 Å². The van der Waals surface area contributed by atoms with E-state index in [-0.39, 0.29) is 6.10 Å². The van der Waals surface area contributed by atoms with Gasteiger partial charge in [0.2, 0.25) is 0 Å². The highest BCUT2D eigenvalue weighted by Crippen LogP contribution is 2.27. The lowest BCUT2D eigenvalue weighted by Gasteiger charge is -2.20. The minimum absolute atomic E-state index is 0.102. The molecular weight excluding hydrogens is 305 g/mol. The molecule has 112 valence electrons. The second-order valence-corrected chi connectivity index (χ2v) is 5.53. The van der Waals surface area contributed by atoms with E-state index in [4.69, 9.17) is 27.9 Å². The summed E-state index contributed by atoms with van der Waals surface area (Å²) in [4.78, 5) is 0. The van der Waals surface area contributed by atoms with Crippen molar-refractivity contribution in [2.45, 2.75) is 19.6 Å². The summed E-state index contributed by atoms with van der Waals surface area (Å²) in [5, 5.41) is 4.75. The molecule has 0 fully saturated rings. The Bertz CT molecular complexity index is 574. The number of halogens is 2. The van der Waals surface area contributed by atoms with E-state index in [0.29, 0.717) is 13.2 Å². The molecule has 0 aliphatic heterocycles. The molecule has 0 heterocycles. The number of nitrogens with one attached hydrogen (secondary N) is 1. The van der Waals surface area contributed by atoms with Crippen molar-refractivity contribution in [3.05, 3.63) is 69.7 Å². The zero-order chi connectivity index (χ0) is 15.1. The van der Waals surface area contributed by atoms with Gasteiger partial charge in [0.1, 0.15) is 0 Å². The molecule has 4 heteroatoms. The first kappa shape index (κ1) is 16.3. The standard InChI is InChI=1S/C17H19Cl2NO/c1-2-20-11-17(14-8-4-6-10-16(14)19)21-12-13-7-3-5-9-15(13)18/h3-10,17,20H,2,11-12H2,1H3. The Hall–Kier alpha value is -1.06. The third kappa shape index (κ3) is 4.72. The number of benzene rings is 2. The Kier molecular flexibility index (Phi) is 6.52. The van der Waals surface area contributed by atoms with E-state index in [0.717, 1.165) is 27.7 Å². The predicted molar refractivity (Wildman–Crippen MR) is 89.0 cm³/mol. The molecule has 0 spiro atoms. The molecule has 21 heavy (non-hydrogen) atoms. The molecule has 0 radical (unpaired) electrons. The van der Waals surface area contributed by atoms with Gasteiger partial charge in [0, 0.05) is 22.2 Å². The van der Waals surface area contributed by atoms with Crippen LogP contribution in [-0.2, 0) is 11.3 Å². The van der Waals surface area contributed by atoms with Gasteiger partial charge >= 0.3 is 0 Å².